The molecular formula is C19H17N5O2S. The summed E-state index contributed by atoms with van der Waals surface area (Å²) >= 11 is 1.18. The fourth-order valence-electron chi connectivity index (χ4n) is 3.00. The zero-order valence-electron chi connectivity index (χ0n) is 14.8. The molecule has 7 nitrogen and oxygen atoms in total. The molecule has 2 amide bonds. The van der Waals surface area contributed by atoms with E-state index in [1.807, 2.05) is 55.5 Å². The second kappa shape index (κ2) is 6.88. The van der Waals surface area contributed by atoms with Crippen LogP contribution in [0.5, 0.6) is 0 Å². The van der Waals surface area contributed by atoms with Crippen molar-refractivity contribution in [1.82, 2.24) is 5.43 Å². The van der Waals surface area contributed by atoms with Gasteiger partial charge in [-0.1, -0.05) is 36.0 Å². The lowest BCUT2D eigenvalue weighted by Gasteiger charge is -2.19. The average molecular weight is 379 g/mol. The van der Waals surface area contributed by atoms with E-state index in [1.165, 1.54) is 11.8 Å². The molecular weight excluding hydrogens is 362 g/mol. The van der Waals surface area contributed by atoms with Crippen LogP contribution < -0.4 is 15.8 Å². The Morgan fingerprint density at radius 1 is 1.15 bits per heavy atom. The van der Waals surface area contributed by atoms with Crippen molar-refractivity contribution in [2.75, 3.05) is 17.4 Å². The SMILES string of the molecule is CC1SC(=O)NN=C1c1ccc2c(c1)C(=NN(C)c1ccccc1)C(=O)N2. The summed E-state index contributed by atoms with van der Waals surface area (Å²) in [6, 6.07) is 15.2. The van der Waals surface area contributed by atoms with E-state index in [-0.39, 0.29) is 16.4 Å². The Balaban J connectivity index is 1.71. The fourth-order valence-corrected chi connectivity index (χ4v) is 3.72. The molecule has 4 rings (SSSR count). The molecule has 136 valence electrons. The third-order valence-electron chi connectivity index (χ3n) is 4.35. The maximum absolute atomic E-state index is 12.4. The number of fused-ring (bicyclic) bond motifs is 1. The van der Waals surface area contributed by atoms with Crippen molar-refractivity contribution < 1.29 is 9.59 Å². The number of hydrogen-bond acceptors (Lipinski definition) is 6. The van der Waals surface area contributed by atoms with Gasteiger partial charge in [-0.15, -0.1) is 0 Å². The minimum atomic E-state index is -0.244. The first-order valence-electron chi connectivity index (χ1n) is 8.40. The molecule has 0 bridgehead atoms. The molecule has 2 N–H and O–H groups in total. The van der Waals surface area contributed by atoms with Crippen LogP contribution in [0.2, 0.25) is 0 Å². The summed E-state index contributed by atoms with van der Waals surface area (Å²) in [6.45, 7) is 1.93. The average Bonchev–Trinajstić information content (AvgIpc) is 2.97. The van der Waals surface area contributed by atoms with Gasteiger partial charge in [-0.3, -0.25) is 14.6 Å². The first-order valence-corrected chi connectivity index (χ1v) is 9.28. The van der Waals surface area contributed by atoms with Crippen molar-refractivity contribution >= 4 is 45.7 Å². The smallest absolute Gasteiger partial charge is 0.299 e. The van der Waals surface area contributed by atoms with Gasteiger partial charge in [0, 0.05) is 12.6 Å². The lowest BCUT2D eigenvalue weighted by Crippen LogP contribution is -2.29. The number of carbonyl (C=O) groups excluding carboxylic acids is 2. The van der Waals surface area contributed by atoms with Crippen LogP contribution in [0.4, 0.5) is 16.2 Å². The summed E-state index contributed by atoms with van der Waals surface area (Å²) in [5.74, 6) is -0.244. The van der Waals surface area contributed by atoms with Gasteiger partial charge in [0.25, 0.3) is 11.1 Å². The standard InChI is InChI=1S/C19H17N5O2S/c1-11-16(21-22-19(26)27-11)12-8-9-15-14(10-12)17(18(25)20-15)23-24(2)13-6-4-3-5-7-13/h3-11H,1-2H3,(H,22,26)(H,20,23,25). The van der Waals surface area contributed by atoms with Crippen LogP contribution in [0, 0.1) is 0 Å². The number of carbonyl (C=O) groups is 2. The van der Waals surface area contributed by atoms with E-state index in [9.17, 15) is 9.59 Å². The monoisotopic (exact) mass is 379 g/mol. The number of para-hydroxylation sites is 1. The molecule has 1 unspecified atom stereocenters. The van der Waals surface area contributed by atoms with Gasteiger partial charge in [0.1, 0.15) is 0 Å². The maximum atomic E-state index is 12.4. The predicted octanol–water partition coefficient (Wildman–Crippen LogP) is 3.03. The van der Waals surface area contributed by atoms with Gasteiger partial charge in [0.2, 0.25) is 0 Å². The quantitative estimate of drug-likeness (QED) is 0.803. The van der Waals surface area contributed by atoms with Crippen molar-refractivity contribution in [2.24, 2.45) is 10.2 Å². The van der Waals surface area contributed by atoms with E-state index in [0.717, 1.165) is 22.5 Å². The Kier molecular flexibility index (Phi) is 4.41. The predicted molar refractivity (Wildman–Crippen MR) is 109 cm³/mol. The largest absolute Gasteiger partial charge is 0.320 e. The van der Waals surface area contributed by atoms with E-state index in [2.05, 4.69) is 20.9 Å². The van der Waals surface area contributed by atoms with Crippen molar-refractivity contribution in [3.63, 3.8) is 0 Å². The molecule has 0 saturated heterocycles. The number of anilines is 2. The van der Waals surface area contributed by atoms with Crippen LogP contribution in [0.15, 0.2) is 58.7 Å². The maximum Gasteiger partial charge on any atom is 0.299 e. The molecule has 0 saturated carbocycles. The van der Waals surface area contributed by atoms with Crippen LogP contribution >= 0.6 is 11.8 Å². The number of amides is 2. The topological polar surface area (TPSA) is 86.2 Å². The molecule has 0 spiro atoms. The molecule has 0 fully saturated rings. The highest BCUT2D eigenvalue weighted by atomic mass is 32.2. The normalized spacial score (nSPS) is 20.0. The van der Waals surface area contributed by atoms with Crippen molar-refractivity contribution in [3.8, 4) is 0 Å². The van der Waals surface area contributed by atoms with Gasteiger partial charge in [0.05, 0.1) is 22.3 Å². The minimum absolute atomic E-state index is 0.0748. The van der Waals surface area contributed by atoms with Crippen LogP contribution in [0.1, 0.15) is 18.1 Å². The Bertz CT molecular complexity index is 987. The number of nitrogens with zero attached hydrogens (tertiary/aromatic N) is 3. The number of rotatable bonds is 3. The first kappa shape index (κ1) is 17.3. The molecule has 27 heavy (non-hydrogen) atoms. The highest BCUT2D eigenvalue weighted by molar-refractivity contribution is 8.14. The Hall–Kier alpha value is -3.13. The summed E-state index contributed by atoms with van der Waals surface area (Å²) in [5.41, 5.74) is 6.76. The summed E-state index contributed by atoms with van der Waals surface area (Å²) < 4.78 is 0. The third kappa shape index (κ3) is 3.31. The molecule has 2 heterocycles. The second-order valence-corrected chi connectivity index (χ2v) is 7.49. The summed E-state index contributed by atoms with van der Waals surface area (Å²) in [5, 5.41) is 13.0. The van der Waals surface area contributed by atoms with Gasteiger partial charge in [0.15, 0.2) is 5.71 Å². The molecule has 1 atom stereocenters. The Morgan fingerprint density at radius 2 is 1.93 bits per heavy atom. The van der Waals surface area contributed by atoms with Gasteiger partial charge in [-0.25, -0.2) is 5.43 Å². The lowest BCUT2D eigenvalue weighted by molar-refractivity contribution is -0.110. The number of thioether (sulfide) groups is 1. The third-order valence-corrected chi connectivity index (χ3v) is 5.23. The molecule has 0 aromatic heterocycles. The van der Waals surface area contributed by atoms with E-state index in [4.69, 9.17) is 0 Å². The van der Waals surface area contributed by atoms with Gasteiger partial charge >= 0.3 is 0 Å². The highest BCUT2D eigenvalue weighted by Gasteiger charge is 2.29. The van der Waals surface area contributed by atoms with E-state index < -0.39 is 0 Å². The zero-order chi connectivity index (χ0) is 19.0. The summed E-state index contributed by atoms with van der Waals surface area (Å²) in [7, 11) is 1.80. The first-order chi connectivity index (χ1) is 13.0. The lowest BCUT2D eigenvalue weighted by atomic mass is 10.0. The minimum Gasteiger partial charge on any atom is -0.320 e. The van der Waals surface area contributed by atoms with Crippen molar-refractivity contribution in [3.05, 3.63) is 59.7 Å². The number of nitrogens with one attached hydrogen (secondary N) is 2. The molecule has 2 aliphatic heterocycles. The fraction of sp³-hybridized carbons (Fsp3) is 0.158. The van der Waals surface area contributed by atoms with Crippen LogP contribution in [-0.4, -0.2) is 34.9 Å². The van der Waals surface area contributed by atoms with Crippen LogP contribution in [0.3, 0.4) is 0 Å². The number of hydrazone groups is 2. The molecule has 2 aliphatic rings. The number of benzene rings is 2. The summed E-state index contributed by atoms with van der Waals surface area (Å²) in [6.07, 6.45) is 0. The van der Waals surface area contributed by atoms with Crippen LogP contribution in [0.25, 0.3) is 0 Å². The molecule has 8 heteroatoms. The van der Waals surface area contributed by atoms with Crippen molar-refractivity contribution in [1.29, 1.82) is 0 Å². The molecule has 0 aliphatic carbocycles. The number of hydrogen-bond donors (Lipinski definition) is 2. The molecule has 2 aromatic carbocycles. The van der Waals surface area contributed by atoms with Crippen molar-refractivity contribution in [2.45, 2.75) is 12.2 Å². The highest BCUT2D eigenvalue weighted by Crippen LogP contribution is 2.28. The zero-order valence-corrected chi connectivity index (χ0v) is 15.6. The Labute approximate surface area is 160 Å². The molecule has 0 radical (unpaired) electrons. The second-order valence-electron chi connectivity index (χ2n) is 6.18. The Morgan fingerprint density at radius 3 is 2.67 bits per heavy atom. The van der Waals surface area contributed by atoms with Gasteiger partial charge in [-0.05, 0) is 36.8 Å². The molecule has 2 aromatic rings. The van der Waals surface area contributed by atoms with E-state index >= 15 is 0 Å². The van der Waals surface area contributed by atoms with Gasteiger partial charge < -0.3 is 5.32 Å². The van der Waals surface area contributed by atoms with E-state index in [1.54, 1.807) is 12.1 Å². The van der Waals surface area contributed by atoms with Crippen LogP contribution in [-0.2, 0) is 4.79 Å². The van der Waals surface area contributed by atoms with Gasteiger partial charge in [-0.2, -0.15) is 10.2 Å². The van der Waals surface area contributed by atoms with E-state index in [0.29, 0.717) is 11.4 Å². The summed E-state index contributed by atoms with van der Waals surface area (Å²) in [4.78, 5) is 23.9.